The minimum Gasteiger partial charge on any atom is -0.382 e. The zero-order chi connectivity index (χ0) is 13.2. The zero-order valence-electron chi connectivity index (χ0n) is 10.6. The van der Waals surface area contributed by atoms with Crippen LogP contribution in [-0.2, 0) is 14.2 Å². The molecule has 4 nitrogen and oxygen atoms in total. The summed E-state index contributed by atoms with van der Waals surface area (Å²) in [6.07, 6.45) is 0. The van der Waals surface area contributed by atoms with Crippen LogP contribution in [0.3, 0.4) is 0 Å². The summed E-state index contributed by atoms with van der Waals surface area (Å²) in [5, 5.41) is 0. The number of halogens is 1. The zero-order valence-corrected chi connectivity index (χ0v) is 10.6. The molecule has 0 saturated heterocycles. The largest absolute Gasteiger partial charge is 0.382 e. The Kier molecular flexibility index (Phi) is 7.52. The van der Waals surface area contributed by atoms with Crippen LogP contribution >= 0.6 is 0 Å². The minimum atomic E-state index is -0.265. The highest BCUT2D eigenvalue weighted by molar-refractivity contribution is 5.19. The Bertz CT molecular complexity index is 319. The van der Waals surface area contributed by atoms with Gasteiger partial charge in [-0.25, -0.2) is 4.39 Å². The van der Waals surface area contributed by atoms with Crippen LogP contribution < -0.4 is 5.73 Å². The third-order valence-electron chi connectivity index (χ3n) is 2.40. The van der Waals surface area contributed by atoms with Gasteiger partial charge in [0.1, 0.15) is 5.82 Å². The Morgan fingerprint density at radius 3 is 2.33 bits per heavy atom. The van der Waals surface area contributed by atoms with Crippen LogP contribution in [0, 0.1) is 5.82 Å². The van der Waals surface area contributed by atoms with Crippen molar-refractivity contribution in [3.63, 3.8) is 0 Å². The predicted molar refractivity (Wildman–Crippen MR) is 66.8 cm³/mol. The molecule has 0 heterocycles. The molecule has 2 N–H and O–H groups in total. The summed E-state index contributed by atoms with van der Waals surface area (Å²) in [5.41, 5.74) is 6.76. The molecule has 0 aliphatic heterocycles. The summed E-state index contributed by atoms with van der Waals surface area (Å²) in [4.78, 5) is 0. The van der Waals surface area contributed by atoms with Crippen LogP contribution in [-0.4, -0.2) is 40.1 Å². The topological polar surface area (TPSA) is 53.7 Å². The molecule has 0 aliphatic carbocycles. The van der Waals surface area contributed by atoms with E-state index in [1.165, 1.54) is 12.1 Å². The maximum atomic E-state index is 12.7. The molecular formula is C13H20FNO3. The van der Waals surface area contributed by atoms with Crippen LogP contribution in [0.1, 0.15) is 11.6 Å². The smallest absolute Gasteiger partial charge is 0.123 e. The first-order valence-electron chi connectivity index (χ1n) is 5.89. The first kappa shape index (κ1) is 15.0. The van der Waals surface area contributed by atoms with Crippen molar-refractivity contribution in [3.05, 3.63) is 35.6 Å². The molecule has 0 amide bonds. The number of hydrogen-bond donors (Lipinski definition) is 1. The van der Waals surface area contributed by atoms with Gasteiger partial charge in [-0.1, -0.05) is 12.1 Å². The fourth-order valence-electron chi connectivity index (χ4n) is 1.38. The highest BCUT2D eigenvalue weighted by atomic mass is 19.1. The molecule has 0 fully saturated rings. The molecule has 1 aromatic rings. The van der Waals surface area contributed by atoms with E-state index in [9.17, 15) is 4.39 Å². The van der Waals surface area contributed by atoms with E-state index in [2.05, 4.69) is 0 Å². The van der Waals surface area contributed by atoms with Gasteiger partial charge in [0.15, 0.2) is 0 Å². The Hall–Kier alpha value is -1.01. The quantitative estimate of drug-likeness (QED) is 0.681. The molecule has 0 aliphatic rings. The molecular weight excluding hydrogens is 237 g/mol. The average molecular weight is 257 g/mol. The van der Waals surface area contributed by atoms with E-state index in [1.54, 1.807) is 19.2 Å². The van der Waals surface area contributed by atoms with Gasteiger partial charge in [-0.05, 0) is 17.7 Å². The van der Waals surface area contributed by atoms with Crippen LogP contribution in [0.4, 0.5) is 4.39 Å². The molecule has 1 atom stereocenters. The standard InChI is InChI=1S/C13H20FNO3/c1-16-6-7-17-8-9-18-10-13(15)11-2-4-12(14)5-3-11/h2-5,13H,6-10,15H2,1H3. The Labute approximate surface area is 107 Å². The van der Waals surface area contributed by atoms with Crippen LogP contribution in [0.15, 0.2) is 24.3 Å². The van der Waals surface area contributed by atoms with Gasteiger partial charge in [-0.15, -0.1) is 0 Å². The Morgan fingerprint density at radius 1 is 1.06 bits per heavy atom. The number of ether oxygens (including phenoxy) is 3. The predicted octanol–water partition coefficient (Wildman–Crippen LogP) is 1.51. The molecule has 0 aromatic heterocycles. The van der Waals surface area contributed by atoms with E-state index in [0.717, 1.165) is 5.56 Å². The lowest BCUT2D eigenvalue weighted by Gasteiger charge is -2.12. The Morgan fingerprint density at radius 2 is 1.67 bits per heavy atom. The normalized spacial score (nSPS) is 12.6. The van der Waals surface area contributed by atoms with Gasteiger partial charge < -0.3 is 19.9 Å². The second-order valence-corrected chi connectivity index (χ2v) is 3.84. The van der Waals surface area contributed by atoms with Crippen molar-refractivity contribution in [2.75, 3.05) is 40.1 Å². The second kappa shape index (κ2) is 8.99. The first-order valence-corrected chi connectivity index (χ1v) is 5.89. The van der Waals surface area contributed by atoms with E-state index in [4.69, 9.17) is 19.9 Å². The molecule has 1 unspecified atom stereocenters. The number of benzene rings is 1. The number of hydrogen-bond acceptors (Lipinski definition) is 4. The van der Waals surface area contributed by atoms with Gasteiger partial charge >= 0.3 is 0 Å². The number of nitrogens with two attached hydrogens (primary N) is 1. The molecule has 18 heavy (non-hydrogen) atoms. The van der Waals surface area contributed by atoms with E-state index in [0.29, 0.717) is 33.0 Å². The van der Waals surface area contributed by atoms with E-state index < -0.39 is 0 Å². The lowest BCUT2D eigenvalue weighted by molar-refractivity contribution is 0.0216. The first-order chi connectivity index (χ1) is 8.74. The van der Waals surface area contributed by atoms with Crippen molar-refractivity contribution in [2.45, 2.75) is 6.04 Å². The molecule has 0 spiro atoms. The van der Waals surface area contributed by atoms with Gasteiger partial charge in [-0.2, -0.15) is 0 Å². The van der Waals surface area contributed by atoms with Gasteiger partial charge in [0, 0.05) is 7.11 Å². The van der Waals surface area contributed by atoms with E-state index in [1.807, 2.05) is 0 Å². The SMILES string of the molecule is COCCOCCOCC(N)c1ccc(F)cc1. The summed E-state index contributed by atoms with van der Waals surface area (Å²) in [6, 6.07) is 5.87. The van der Waals surface area contributed by atoms with Gasteiger partial charge in [0.2, 0.25) is 0 Å². The number of rotatable bonds is 9. The summed E-state index contributed by atoms with van der Waals surface area (Å²) in [5.74, 6) is -0.265. The molecule has 102 valence electrons. The van der Waals surface area contributed by atoms with Crippen LogP contribution in [0.25, 0.3) is 0 Å². The van der Waals surface area contributed by atoms with Crippen LogP contribution in [0.5, 0.6) is 0 Å². The highest BCUT2D eigenvalue weighted by Crippen LogP contribution is 2.11. The molecule has 0 saturated carbocycles. The summed E-state index contributed by atoms with van der Waals surface area (Å²) >= 11 is 0. The fourth-order valence-corrected chi connectivity index (χ4v) is 1.38. The monoisotopic (exact) mass is 257 g/mol. The van der Waals surface area contributed by atoms with Gasteiger partial charge in [0.25, 0.3) is 0 Å². The molecule has 5 heteroatoms. The van der Waals surface area contributed by atoms with Crippen molar-refractivity contribution >= 4 is 0 Å². The summed E-state index contributed by atoms with van der Waals surface area (Å²) in [6.45, 7) is 2.52. The highest BCUT2D eigenvalue weighted by Gasteiger charge is 2.05. The fraction of sp³-hybridized carbons (Fsp3) is 0.538. The van der Waals surface area contributed by atoms with Crippen LogP contribution in [0.2, 0.25) is 0 Å². The van der Waals surface area contributed by atoms with Gasteiger partial charge in [-0.3, -0.25) is 0 Å². The van der Waals surface area contributed by atoms with E-state index >= 15 is 0 Å². The van der Waals surface area contributed by atoms with Crippen molar-refractivity contribution in [1.29, 1.82) is 0 Å². The maximum Gasteiger partial charge on any atom is 0.123 e. The lowest BCUT2D eigenvalue weighted by Crippen LogP contribution is -2.19. The molecule has 1 rings (SSSR count). The second-order valence-electron chi connectivity index (χ2n) is 3.84. The van der Waals surface area contributed by atoms with Gasteiger partial charge in [0.05, 0.1) is 39.1 Å². The lowest BCUT2D eigenvalue weighted by atomic mass is 10.1. The Balaban J connectivity index is 2.10. The molecule has 1 aromatic carbocycles. The summed E-state index contributed by atoms with van der Waals surface area (Å²) in [7, 11) is 1.63. The van der Waals surface area contributed by atoms with Crippen molar-refractivity contribution in [2.24, 2.45) is 5.73 Å². The maximum absolute atomic E-state index is 12.7. The van der Waals surface area contributed by atoms with E-state index in [-0.39, 0.29) is 11.9 Å². The molecule has 0 bridgehead atoms. The third kappa shape index (κ3) is 6.07. The minimum absolute atomic E-state index is 0.246. The number of methoxy groups -OCH3 is 1. The third-order valence-corrected chi connectivity index (χ3v) is 2.40. The average Bonchev–Trinajstić information content (AvgIpc) is 2.38. The van der Waals surface area contributed by atoms with Crippen molar-refractivity contribution < 1.29 is 18.6 Å². The van der Waals surface area contributed by atoms with Crippen molar-refractivity contribution in [1.82, 2.24) is 0 Å². The molecule has 0 radical (unpaired) electrons. The van der Waals surface area contributed by atoms with Crippen molar-refractivity contribution in [3.8, 4) is 0 Å². The summed E-state index contributed by atoms with van der Waals surface area (Å²) < 4.78 is 28.2.